The molecule has 2 N–H and O–H groups in total. The molecule has 1 unspecified atom stereocenters. The topological polar surface area (TPSA) is 121 Å². The zero-order valence-corrected chi connectivity index (χ0v) is 16.9. The van der Waals surface area contributed by atoms with Gasteiger partial charge in [-0.2, -0.15) is 0 Å². The van der Waals surface area contributed by atoms with Crippen LogP contribution in [0.5, 0.6) is 0 Å². The monoisotopic (exact) mass is 412 g/mol. The number of fused-ring (bicyclic) bond motifs is 1. The van der Waals surface area contributed by atoms with E-state index in [1.54, 1.807) is 6.07 Å². The summed E-state index contributed by atoms with van der Waals surface area (Å²) in [5, 5.41) is 31.4. The summed E-state index contributed by atoms with van der Waals surface area (Å²) in [6, 6.07) is 10.4. The number of nitrogens with one attached hydrogen (secondary N) is 1. The first kappa shape index (κ1) is 19.9. The Morgan fingerprint density at radius 2 is 2.10 bits per heavy atom. The van der Waals surface area contributed by atoms with Crippen LogP contribution in [0.1, 0.15) is 12.5 Å². The van der Waals surface area contributed by atoms with Gasteiger partial charge in [-0.25, -0.2) is 4.63 Å². The van der Waals surface area contributed by atoms with Crippen LogP contribution in [-0.4, -0.2) is 59.2 Å². The van der Waals surface area contributed by atoms with Crippen molar-refractivity contribution >= 4 is 33.8 Å². The smallest absolute Gasteiger partial charge is 0.323 e. The van der Waals surface area contributed by atoms with Crippen molar-refractivity contribution in [2.24, 2.45) is 0 Å². The van der Waals surface area contributed by atoms with Crippen molar-refractivity contribution in [1.82, 2.24) is 10.3 Å². The van der Waals surface area contributed by atoms with Gasteiger partial charge in [0.25, 0.3) is 0 Å². The third-order valence-corrected chi connectivity index (χ3v) is 5.40. The standard InChI is InChI=1S/C20H24N6O4/c1-13-4-3-5-15(10-13)25-8-7-24(12-14(25)2)17-11-16(21-6-9-27)20(26(28)29)19-18(17)22-30-23-19/h3-5,10-11,14,21,27H,6-9,12H2,1-2H3. The second-order valence-electron chi connectivity index (χ2n) is 7.49. The highest BCUT2D eigenvalue weighted by atomic mass is 16.6. The second-order valence-corrected chi connectivity index (χ2v) is 7.49. The first-order valence-electron chi connectivity index (χ1n) is 9.86. The number of benzene rings is 2. The zero-order valence-electron chi connectivity index (χ0n) is 16.9. The molecule has 1 aromatic heterocycles. The largest absolute Gasteiger partial charge is 0.395 e. The molecule has 0 radical (unpaired) electrons. The summed E-state index contributed by atoms with van der Waals surface area (Å²) in [6.45, 7) is 6.51. The molecule has 4 rings (SSSR count). The summed E-state index contributed by atoms with van der Waals surface area (Å²) in [5.74, 6) is 0. The first-order valence-corrected chi connectivity index (χ1v) is 9.86. The maximum atomic E-state index is 11.6. The van der Waals surface area contributed by atoms with Crippen LogP contribution < -0.4 is 15.1 Å². The van der Waals surface area contributed by atoms with E-state index in [0.29, 0.717) is 17.7 Å². The molecular formula is C20H24N6O4. The SMILES string of the molecule is Cc1cccc(N2CCN(c3cc(NCCO)c([N+](=O)[O-])c4nonc34)CC2C)c1. The first-order chi connectivity index (χ1) is 14.5. The molecule has 10 nitrogen and oxygen atoms in total. The molecule has 10 heteroatoms. The number of aromatic nitrogens is 2. The normalized spacial score (nSPS) is 16.8. The van der Waals surface area contributed by atoms with E-state index in [0.717, 1.165) is 18.8 Å². The fourth-order valence-electron chi connectivity index (χ4n) is 4.03. The van der Waals surface area contributed by atoms with Crippen molar-refractivity contribution in [3.63, 3.8) is 0 Å². The van der Waals surface area contributed by atoms with Crippen molar-refractivity contribution in [3.05, 3.63) is 46.0 Å². The van der Waals surface area contributed by atoms with Gasteiger partial charge in [0.2, 0.25) is 5.52 Å². The molecule has 3 aromatic rings. The van der Waals surface area contributed by atoms with Crippen molar-refractivity contribution in [2.75, 3.05) is 47.9 Å². The van der Waals surface area contributed by atoms with E-state index in [1.807, 2.05) is 0 Å². The van der Waals surface area contributed by atoms with Gasteiger partial charge in [0.05, 0.1) is 17.2 Å². The summed E-state index contributed by atoms with van der Waals surface area (Å²) in [6.07, 6.45) is 0. The maximum absolute atomic E-state index is 11.6. The second kappa shape index (κ2) is 8.15. The molecule has 2 heterocycles. The number of nitro groups is 1. The lowest BCUT2D eigenvalue weighted by Gasteiger charge is -2.42. The van der Waals surface area contributed by atoms with Crippen LogP contribution in [-0.2, 0) is 0 Å². The number of anilines is 3. The fourth-order valence-corrected chi connectivity index (χ4v) is 4.03. The van der Waals surface area contributed by atoms with Crippen molar-refractivity contribution in [3.8, 4) is 0 Å². The number of aryl methyl sites for hydroxylation is 1. The Labute approximate surface area is 173 Å². The third kappa shape index (κ3) is 3.61. The van der Waals surface area contributed by atoms with Crippen LogP contribution in [0.2, 0.25) is 0 Å². The molecule has 0 bridgehead atoms. The van der Waals surface area contributed by atoms with Crippen LogP contribution in [0.3, 0.4) is 0 Å². The highest BCUT2D eigenvalue weighted by Crippen LogP contribution is 2.39. The number of aliphatic hydroxyl groups excluding tert-OH is 1. The Morgan fingerprint density at radius 1 is 1.30 bits per heavy atom. The Kier molecular flexibility index (Phi) is 5.40. The number of hydrogen-bond acceptors (Lipinski definition) is 9. The molecule has 0 amide bonds. The average Bonchev–Trinajstić information content (AvgIpc) is 3.20. The predicted molar refractivity (Wildman–Crippen MR) is 114 cm³/mol. The molecule has 1 aliphatic rings. The van der Waals surface area contributed by atoms with Crippen LogP contribution >= 0.6 is 0 Å². The van der Waals surface area contributed by atoms with E-state index in [2.05, 4.69) is 63.5 Å². The van der Waals surface area contributed by atoms with E-state index < -0.39 is 4.92 Å². The zero-order chi connectivity index (χ0) is 21.3. The highest BCUT2D eigenvalue weighted by molar-refractivity contribution is 5.99. The fraction of sp³-hybridized carbons (Fsp3) is 0.400. The summed E-state index contributed by atoms with van der Waals surface area (Å²) in [7, 11) is 0. The molecule has 30 heavy (non-hydrogen) atoms. The van der Waals surface area contributed by atoms with Gasteiger partial charge in [-0.15, -0.1) is 0 Å². The van der Waals surface area contributed by atoms with Crippen LogP contribution in [0.25, 0.3) is 11.0 Å². The van der Waals surface area contributed by atoms with Gasteiger partial charge in [0.15, 0.2) is 5.52 Å². The van der Waals surface area contributed by atoms with Gasteiger partial charge in [-0.05, 0) is 47.9 Å². The van der Waals surface area contributed by atoms with Gasteiger partial charge in [0.1, 0.15) is 5.69 Å². The molecule has 1 fully saturated rings. The summed E-state index contributed by atoms with van der Waals surface area (Å²) < 4.78 is 4.86. The van der Waals surface area contributed by atoms with Crippen molar-refractivity contribution < 1.29 is 14.7 Å². The minimum absolute atomic E-state index is 0.103. The molecule has 158 valence electrons. The van der Waals surface area contributed by atoms with Gasteiger partial charge in [-0.3, -0.25) is 10.1 Å². The molecule has 2 aromatic carbocycles. The highest BCUT2D eigenvalue weighted by Gasteiger charge is 2.31. The molecule has 1 atom stereocenters. The van der Waals surface area contributed by atoms with E-state index >= 15 is 0 Å². The van der Waals surface area contributed by atoms with Crippen LogP contribution in [0, 0.1) is 17.0 Å². The molecule has 0 aliphatic carbocycles. The minimum Gasteiger partial charge on any atom is -0.395 e. The lowest BCUT2D eigenvalue weighted by molar-refractivity contribution is -0.382. The molecule has 0 spiro atoms. The molecule has 0 saturated carbocycles. The predicted octanol–water partition coefficient (Wildman–Crippen LogP) is 2.56. The molecule has 1 saturated heterocycles. The number of hydrogen-bond donors (Lipinski definition) is 2. The third-order valence-electron chi connectivity index (χ3n) is 5.40. The lowest BCUT2D eigenvalue weighted by atomic mass is 10.1. The summed E-state index contributed by atoms with van der Waals surface area (Å²) >= 11 is 0. The van der Waals surface area contributed by atoms with E-state index in [1.165, 1.54) is 11.3 Å². The van der Waals surface area contributed by atoms with Crippen molar-refractivity contribution in [2.45, 2.75) is 19.9 Å². The van der Waals surface area contributed by atoms with Gasteiger partial charge >= 0.3 is 5.69 Å². The minimum atomic E-state index is -0.506. The Hall–Kier alpha value is -3.40. The average molecular weight is 412 g/mol. The molecular weight excluding hydrogens is 388 g/mol. The van der Waals surface area contributed by atoms with Crippen LogP contribution in [0.4, 0.5) is 22.7 Å². The van der Waals surface area contributed by atoms with Crippen LogP contribution in [0.15, 0.2) is 35.0 Å². The van der Waals surface area contributed by atoms with Gasteiger partial charge < -0.3 is 20.2 Å². The lowest BCUT2D eigenvalue weighted by Crippen LogP contribution is -2.52. The van der Waals surface area contributed by atoms with E-state index in [-0.39, 0.29) is 30.4 Å². The molecule has 1 aliphatic heterocycles. The summed E-state index contributed by atoms with van der Waals surface area (Å²) in [4.78, 5) is 15.6. The Bertz CT molecular complexity index is 1070. The van der Waals surface area contributed by atoms with E-state index in [4.69, 9.17) is 9.74 Å². The number of rotatable bonds is 6. The van der Waals surface area contributed by atoms with Crippen molar-refractivity contribution in [1.29, 1.82) is 0 Å². The number of aliphatic hydroxyl groups is 1. The quantitative estimate of drug-likeness (QED) is 0.465. The van der Waals surface area contributed by atoms with Gasteiger partial charge in [-0.1, -0.05) is 12.1 Å². The van der Waals surface area contributed by atoms with Gasteiger partial charge in [0, 0.05) is 37.9 Å². The number of piperazine rings is 1. The Balaban J connectivity index is 1.67. The number of nitrogens with zero attached hydrogens (tertiary/aromatic N) is 5. The summed E-state index contributed by atoms with van der Waals surface area (Å²) in [5.41, 5.74) is 3.69. The maximum Gasteiger partial charge on any atom is 0.323 e. The number of nitro benzene ring substituents is 1. The Morgan fingerprint density at radius 3 is 2.80 bits per heavy atom. The van der Waals surface area contributed by atoms with E-state index in [9.17, 15) is 10.1 Å².